The molecule has 0 saturated heterocycles. The fraction of sp³-hybridized carbons (Fsp3) is 0.750. The zero-order valence-electron chi connectivity index (χ0n) is 12.3. The highest BCUT2D eigenvalue weighted by Crippen LogP contribution is 2.58. The third-order valence-electron chi connectivity index (χ3n) is 2.82. The summed E-state index contributed by atoms with van der Waals surface area (Å²) in [5.74, 6) is -28.9. The Bertz CT molecular complexity index is 508. The van der Waals surface area contributed by atoms with E-state index in [1.807, 2.05) is 0 Å². The van der Waals surface area contributed by atoms with Crippen molar-refractivity contribution in [1.82, 2.24) is 0 Å². The third kappa shape index (κ3) is 4.35. The second kappa shape index (κ2) is 6.98. The van der Waals surface area contributed by atoms with Crippen LogP contribution in [0.4, 0.5) is 48.3 Å². The Balaban J connectivity index is 5.26. The van der Waals surface area contributed by atoms with E-state index >= 15 is 0 Å². The lowest BCUT2D eigenvalue weighted by molar-refractivity contribution is -0.422. The maximum absolute atomic E-state index is 13.2. The summed E-state index contributed by atoms with van der Waals surface area (Å²) < 4.78 is 143. The topological polar surface area (TPSA) is 26.3 Å². The molecule has 13 heteroatoms. The zero-order chi connectivity index (χ0) is 20.5. The Morgan fingerprint density at radius 3 is 1.64 bits per heavy atom. The molecular weight excluding hydrogens is 385 g/mol. The van der Waals surface area contributed by atoms with Crippen molar-refractivity contribution in [2.24, 2.45) is 0 Å². The van der Waals surface area contributed by atoms with Crippen LogP contribution in [0.25, 0.3) is 0 Å². The number of carbonyl (C=O) groups is 1. The van der Waals surface area contributed by atoms with Gasteiger partial charge in [-0.2, -0.15) is 48.3 Å². The first-order valence-electron chi connectivity index (χ1n) is 6.23. The van der Waals surface area contributed by atoms with Crippen LogP contribution >= 0.6 is 0 Å². The van der Waals surface area contributed by atoms with Crippen molar-refractivity contribution in [1.29, 1.82) is 0 Å². The molecule has 148 valence electrons. The van der Waals surface area contributed by atoms with Crippen LogP contribution in [0.5, 0.6) is 0 Å². The number of alkyl halides is 11. The number of ether oxygens (including phenoxy) is 1. The van der Waals surface area contributed by atoms with Crippen LogP contribution < -0.4 is 0 Å². The Labute approximate surface area is 133 Å². The zero-order valence-corrected chi connectivity index (χ0v) is 12.3. The molecule has 0 unspecified atom stereocenters. The van der Waals surface area contributed by atoms with Crippen LogP contribution in [0.3, 0.4) is 0 Å². The molecule has 0 N–H and O–H groups in total. The monoisotopic (exact) mass is 396 g/mol. The maximum Gasteiger partial charge on any atom is 0.460 e. The van der Waals surface area contributed by atoms with Crippen molar-refractivity contribution in [3.05, 3.63) is 12.2 Å². The van der Waals surface area contributed by atoms with Crippen LogP contribution in [0.1, 0.15) is 19.8 Å². The van der Waals surface area contributed by atoms with E-state index in [1.54, 1.807) is 0 Å². The predicted octanol–water partition coefficient (Wildman–Crippen LogP) is 4.99. The second-order valence-electron chi connectivity index (χ2n) is 4.95. The van der Waals surface area contributed by atoms with Gasteiger partial charge >= 0.3 is 35.8 Å². The highest BCUT2D eigenvalue weighted by Gasteiger charge is 2.86. The van der Waals surface area contributed by atoms with E-state index in [1.165, 1.54) is 0 Å². The quantitative estimate of drug-likeness (QED) is 0.250. The molecular formula is C12H11F11O2. The molecule has 0 aromatic heterocycles. The van der Waals surface area contributed by atoms with Gasteiger partial charge in [0.25, 0.3) is 0 Å². The molecule has 0 fully saturated rings. The summed E-state index contributed by atoms with van der Waals surface area (Å²) in [6.07, 6.45) is -10.6. The fourth-order valence-electron chi connectivity index (χ4n) is 1.34. The SMILES string of the molecule is C=C(C)C(=O)OCCCC(F)(F)C(F)(F)C(F)(F)C(F)(F)C(F)(F)F. The molecule has 0 atom stereocenters. The summed E-state index contributed by atoms with van der Waals surface area (Å²) in [7, 11) is 0. The Morgan fingerprint density at radius 2 is 1.28 bits per heavy atom. The second-order valence-corrected chi connectivity index (χ2v) is 4.95. The normalized spacial score (nSPS) is 14.4. The summed E-state index contributed by atoms with van der Waals surface area (Å²) in [6, 6.07) is 0. The summed E-state index contributed by atoms with van der Waals surface area (Å²) >= 11 is 0. The lowest BCUT2D eigenvalue weighted by atomic mass is 9.95. The van der Waals surface area contributed by atoms with Crippen molar-refractivity contribution in [3.63, 3.8) is 0 Å². The molecule has 0 amide bonds. The van der Waals surface area contributed by atoms with Crippen LogP contribution in [0.2, 0.25) is 0 Å². The van der Waals surface area contributed by atoms with Crippen LogP contribution in [0.15, 0.2) is 12.2 Å². The lowest BCUT2D eigenvalue weighted by Gasteiger charge is -2.37. The number of hydrogen-bond donors (Lipinski definition) is 0. The Kier molecular flexibility index (Phi) is 6.55. The minimum Gasteiger partial charge on any atom is -0.462 e. The summed E-state index contributed by atoms with van der Waals surface area (Å²) in [4.78, 5) is 10.9. The van der Waals surface area contributed by atoms with E-state index in [-0.39, 0.29) is 5.57 Å². The minimum absolute atomic E-state index is 0.214. The van der Waals surface area contributed by atoms with Crippen molar-refractivity contribution < 1.29 is 57.8 Å². The van der Waals surface area contributed by atoms with Gasteiger partial charge in [0.05, 0.1) is 6.61 Å². The van der Waals surface area contributed by atoms with Crippen LogP contribution in [-0.4, -0.2) is 42.4 Å². The maximum atomic E-state index is 13.2. The van der Waals surface area contributed by atoms with Crippen molar-refractivity contribution in [3.8, 4) is 0 Å². The first-order chi connectivity index (χ1) is 10.8. The summed E-state index contributed by atoms with van der Waals surface area (Å²) in [5, 5.41) is 0. The standard InChI is InChI=1S/C12H11F11O2/c1-6(2)7(24)25-5-3-4-8(13,14)9(15,16)10(17,18)11(19,20)12(21,22)23/h1,3-5H2,2H3. The van der Waals surface area contributed by atoms with Gasteiger partial charge in [-0.25, -0.2) is 4.79 Å². The highest BCUT2D eigenvalue weighted by atomic mass is 19.4. The van der Waals surface area contributed by atoms with Crippen molar-refractivity contribution >= 4 is 5.97 Å². The van der Waals surface area contributed by atoms with Gasteiger partial charge in [-0.1, -0.05) is 6.58 Å². The molecule has 0 aliphatic heterocycles. The molecule has 0 radical (unpaired) electrons. The van der Waals surface area contributed by atoms with Gasteiger partial charge in [0.2, 0.25) is 0 Å². The number of carbonyl (C=O) groups excluding carboxylic acids is 1. The molecule has 25 heavy (non-hydrogen) atoms. The number of hydrogen-bond acceptors (Lipinski definition) is 2. The van der Waals surface area contributed by atoms with Crippen molar-refractivity contribution in [2.45, 2.75) is 49.6 Å². The molecule has 0 bridgehead atoms. The largest absolute Gasteiger partial charge is 0.462 e. The van der Waals surface area contributed by atoms with Gasteiger partial charge in [-0.3, -0.25) is 0 Å². The average Bonchev–Trinajstić information content (AvgIpc) is 2.41. The molecule has 0 aliphatic carbocycles. The average molecular weight is 396 g/mol. The number of halogens is 11. The summed E-state index contributed by atoms with van der Waals surface area (Å²) in [5.41, 5.74) is -0.214. The third-order valence-corrected chi connectivity index (χ3v) is 2.82. The van der Waals surface area contributed by atoms with Gasteiger partial charge in [0.1, 0.15) is 0 Å². The van der Waals surface area contributed by atoms with Gasteiger partial charge in [-0.15, -0.1) is 0 Å². The van der Waals surface area contributed by atoms with Gasteiger partial charge in [0, 0.05) is 12.0 Å². The van der Waals surface area contributed by atoms with Gasteiger partial charge in [-0.05, 0) is 13.3 Å². The van der Waals surface area contributed by atoms with Gasteiger partial charge in [0.15, 0.2) is 0 Å². The smallest absolute Gasteiger partial charge is 0.460 e. The van der Waals surface area contributed by atoms with E-state index in [2.05, 4.69) is 11.3 Å². The van der Waals surface area contributed by atoms with Crippen LogP contribution in [-0.2, 0) is 9.53 Å². The van der Waals surface area contributed by atoms with E-state index in [9.17, 15) is 53.1 Å². The Morgan fingerprint density at radius 1 is 0.840 bits per heavy atom. The molecule has 0 aromatic rings. The minimum atomic E-state index is -7.42. The van der Waals surface area contributed by atoms with E-state index < -0.39 is 55.3 Å². The molecule has 0 rings (SSSR count). The van der Waals surface area contributed by atoms with E-state index in [0.29, 0.717) is 0 Å². The van der Waals surface area contributed by atoms with Gasteiger partial charge < -0.3 is 4.74 Å². The number of esters is 1. The van der Waals surface area contributed by atoms with Crippen molar-refractivity contribution in [2.75, 3.05) is 6.61 Å². The lowest BCUT2D eigenvalue weighted by Crippen LogP contribution is -2.66. The summed E-state index contributed by atoms with van der Waals surface area (Å²) in [6.45, 7) is 3.20. The molecule has 0 aliphatic rings. The van der Waals surface area contributed by atoms with Crippen LogP contribution in [0, 0.1) is 0 Å². The fourth-order valence-corrected chi connectivity index (χ4v) is 1.34. The highest BCUT2D eigenvalue weighted by molar-refractivity contribution is 5.86. The molecule has 0 saturated carbocycles. The van der Waals surface area contributed by atoms with E-state index in [4.69, 9.17) is 0 Å². The molecule has 0 heterocycles. The Hall–Kier alpha value is -1.56. The number of rotatable bonds is 8. The molecule has 0 aromatic carbocycles. The molecule has 0 spiro atoms. The predicted molar refractivity (Wildman–Crippen MR) is 60.9 cm³/mol. The first kappa shape index (κ1) is 23.4. The molecule has 2 nitrogen and oxygen atoms in total. The van der Waals surface area contributed by atoms with E-state index in [0.717, 1.165) is 6.92 Å². The first-order valence-corrected chi connectivity index (χ1v) is 6.23.